The number of aryl methyl sites for hydroxylation is 1. The van der Waals surface area contributed by atoms with Gasteiger partial charge in [0.1, 0.15) is 11.6 Å². The highest BCUT2D eigenvalue weighted by Gasteiger charge is 2.08. The fraction of sp³-hybridized carbons (Fsp3) is 0.370. The van der Waals surface area contributed by atoms with E-state index in [1.54, 1.807) is 12.3 Å². The normalized spacial score (nSPS) is 10.9. The Balaban J connectivity index is 1.59. The van der Waals surface area contributed by atoms with Crippen LogP contribution in [-0.2, 0) is 6.42 Å². The Labute approximate surface area is 180 Å². The van der Waals surface area contributed by atoms with Crippen LogP contribution in [0.5, 0.6) is 5.75 Å². The van der Waals surface area contributed by atoms with Gasteiger partial charge in [-0.05, 0) is 54.3 Å². The van der Waals surface area contributed by atoms with Crippen molar-refractivity contribution in [1.29, 1.82) is 0 Å². The maximum atomic E-state index is 14.5. The van der Waals surface area contributed by atoms with Gasteiger partial charge < -0.3 is 4.74 Å². The lowest BCUT2D eigenvalue weighted by Gasteiger charge is -2.09. The molecule has 3 aromatic rings. The molecule has 0 aliphatic heterocycles. The molecule has 0 N–H and O–H groups in total. The first-order chi connectivity index (χ1) is 14.7. The second-order valence-corrected chi connectivity index (χ2v) is 7.78. The zero-order valence-corrected chi connectivity index (χ0v) is 18.2. The van der Waals surface area contributed by atoms with Crippen LogP contribution < -0.4 is 4.74 Å². The van der Waals surface area contributed by atoms with Crippen LogP contribution in [0.15, 0.2) is 60.8 Å². The minimum absolute atomic E-state index is 0.211. The van der Waals surface area contributed by atoms with Crippen molar-refractivity contribution in [3.05, 3.63) is 72.2 Å². The Hall–Kier alpha value is -2.68. The molecule has 0 saturated heterocycles. The van der Waals surface area contributed by atoms with Gasteiger partial charge in [-0.25, -0.2) is 4.39 Å². The molecule has 0 saturated carbocycles. The SMILES string of the molecule is CCCCCCCOc1ccc(-c2ccc(-c3ccc(CCC)cc3F)nc2)cc1. The summed E-state index contributed by atoms with van der Waals surface area (Å²) in [6.07, 6.45) is 9.88. The van der Waals surface area contributed by atoms with E-state index < -0.39 is 0 Å². The van der Waals surface area contributed by atoms with Crippen LogP contribution in [-0.4, -0.2) is 11.6 Å². The van der Waals surface area contributed by atoms with E-state index in [0.29, 0.717) is 11.3 Å². The summed E-state index contributed by atoms with van der Waals surface area (Å²) in [5, 5.41) is 0. The summed E-state index contributed by atoms with van der Waals surface area (Å²) < 4.78 is 20.3. The number of hydrogen-bond donors (Lipinski definition) is 0. The zero-order valence-electron chi connectivity index (χ0n) is 18.2. The van der Waals surface area contributed by atoms with Crippen molar-refractivity contribution >= 4 is 0 Å². The number of rotatable bonds is 11. The van der Waals surface area contributed by atoms with E-state index >= 15 is 0 Å². The predicted octanol–water partition coefficient (Wildman–Crippen LogP) is 7.86. The summed E-state index contributed by atoms with van der Waals surface area (Å²) >= 11 is 0. The van der Waals surface area contributed by atoms with Gasteiger partial charge in [-0.3, -0.25) is 4.98 Å². The minimum Gasteiger partial charge on any atom is -0.494 e. The average Bonchev–Trinajstić information content (AvgIpc) is 2.77. The number of aromatic nitrogens is 1. The average molecular weight is 406 g/mol. The molecule has 3 rings (SSSR count). The molecule has 0 spiro atoms. The fourth-order valence-corrected chi connectivity index (χ4v) is 3.57. The van der Waals surface area contributed by atoms with E-state index in [1.165, 1.54) is 25.7 Å². The number of halogens is 1. The molecule has 2 aromatic carbocycles. The molecule has 0 fully saturated rings. The minimum atomic E-state index is -0.211. The Kier molecular flexibility index (Phi) is 8.43. The molecule has 0 radical (unpaired) electrons. The number of ether oxygens (including phenoxy) is 1. The van der Waals surface area contributed by atoms with Gasteiger partial charge in [0.2, 0.25) is 0 Å². The highest BCUT2D eigenvalue weighted by atomic mass is 19.1. The summed E-state index contributed by atoms with van der Waals surface area (Å²) in [4.78, 5) is 4.50. The zero-order chi connectivity index (χ0) is 21.2. The first kappa shape index (κ1) is 22.0. The number of hydrogen-bond acceptors (Lipinski definition) is 2. The number of nitrogens with zero attached hydrogens (tertiary/aromatic N) is 1. The van der Waals surface area contributed by atoms with Crippen LogP contribution >= 0.6 is 0 Å². The van der Waals surface area contributed by atoms with E-state index in [4.69, 9.17) is 4.74 Å². The molecule has 0 atom stereocenters. The number of pyridine rings is 1. The Morgan fingerprint density at radius 1 is 0.800 bits per heavy atom. The second-order valence-electron chi connectivity index (χ2n) is 7.78. The third kappa shape index (κ3) is 6.16. The summed E-state index contributed by atoms with van der Waals surface area (Å²) in [6, 6.07) is 17.4. The Morgan fingerprint density at radius 3 is 2.23 bits per heavy atom. The topological polar surface area (TPSA) is 22.1 Å². The third-order valence-electron chi connectivity index (χ3n) is 5.32. The van der Waals surface area contributed by atoms with Gasteiger partial charge >= 0.3 is 0 Å². The quantitative estimate of drug-likeness (QED) is 0.303. The van der Waals surface area contributed by atoms with Crippen LogP contribution in [0.4, 0.5) is 4.39 Å². The smallest absolute Gasteiger partial charge is 0.132 e. The van der Waals surface area contributed by atoms with Gasteiger partial charge in [-0.2, -0.15) is 0 Å². The highest BCUT2D eigenvalue weighted by molar-refractivity contribution is 5.67. The van der Waals surface area contributed by atoms with Crippen molar-refractivity contribution in [1.82, 2.24) is 4.98 Å². The van der Waals surface area contributed by atoms with Gasteiger partial charge in [0.15, 0.2) is 0 Å². The lowest BCUT2D eigenvalue weighted by atomic mass is 10.0. The van der Waals surface area contributed by atoms with Gasteiger partial charge in [0.25, 0.3) is 0 Å². The van der Waals surface area contributed by atoms with Crippen molar-refractivity contribution in [3.8, 4) is 28.1 Å². The number of unbranched alkanes of at least 4 members (excludes halogenated alkanes) is 4. The van der Waals surface area contributed by atoms with Crippen LogP contribution in [0.1, 0.15) is 57.9 Å². The molecule has 158 valence electrons. The van der Waals surface area contributed by atoms with Gasteiger partial charge in [0.05, 0.1) is 12.3 Å². The molecule has 0 amide bonds. The lowest BCUT2D eigenvalue weighted by molar-refractivity contribution is 0.304. The maximum Gasteiger partial charge on any atom is 0.132 e. The van der Waals surface area contributed by atoms with E-state index in [9.17, 15) is 4.39 Å². The van der Waals surface area contributed by atoms with Gasteiger partial charge in [0, 0.05) is 17.3 Å². The van der Waals surface area contributed by atoms with Crippen molar-refractivity contribution in [3.63, 3.8) is 0 Å². The van der Waals surface area contributed by atoms with Gasteiger partial charge in [-0.15, -0.1) is 0 Å². The molecule has 0 aliphatic carbocycles. The molecule has 3 heteroatoms. The van der Waals surface area contributed by atoms with Crippen molar-refractivity contribution in [2.24, 2.45) is 0 Å². The predicted molar refractivity (Wildman–Crippen MR) is 123 cm³/mol. The standard InChI is InChI=1S/C27H32FNO/c1-3-5-6-7-8-18-30-24-14-11-22(12-15-24)23-13-17-27(29-20-23)25-16-10-21(9-4-2)19-26(25)28/h10-17,19-20H,3-9,18H2,1-2H3. The highest BCUT2D eigenvalue weighted by Crippen LogP contribution is 2.26. The molecular formula is C27H32FNO. The summed E-state index contributed by atoms with van der Waals surface area (Å²) in [6.45, 7) is 5.09. The van der Waals surface area contributed by atoms with Crippen LogP contribution in [0.25, 0.3) is 22.4 Å². The van der Waals surface area contributed by atoms with E-state index in [-0.39, 0.29) is 5.82 Å². The molecule has 0 unspecified atom stereocenters. The summed E-state index contributed by atoms with van der Waals surface area (Å²) in [7, 11) is 0. The Bertz CT molecular complexity index is 903. The van der Waals surface area contributed by atoms with Crippen molar-refractivity contribution in [2.75, 3.05) is 6.61 Å². The Morgan fingerprint density at radius 2 is 1.57 bits per heavy atom. The van der Waals surface area contributed by atoms with Crippen molar-refractivity contribution in [2.45, 2.75) is 58.8 Å². The maximum absolute atomic E-state index is 14.5. The third-order valence-corrected chi connectivity index (χ3v) is 5.32. The van der Waals surface area contributed by atoms with Crippen LogP contribution in [0.2, 0.25) is 0 Å². The molecule has 1 aromatic heterocycles. The van der Waals surface area contributed by atoms with Crippen molar-refractivity contribution < 1.29 is 9.13 Å². The van der Waals surface area contributed by atoms with Crippen LogP contribution in [0.3, 0.4) is 0 Å². The van der Waals surface area contributed by atoms with E-state index in [2.05, 4.69) is 18.8 Å². The molecular weight excluding hydrogens is 373 g/mol. The second kappa shape index (κ2) is 11.5. The monoisotopic (exact) mass is 405 g/mol. The summed E-state index contributed by atoms with van der Waals surface area (Å²) in [5.74, 6) is 0.686. The largest absolute Gasteiger partial charge is 0.494 e. The van der Waals surface area contributed by atoms with E-state index in [0.717, 1.165) is 48.3 Å². The fourth-order valence-electron chi connectivity index (χ4n) is 3.57. The molecule has 0 bridgehead atoms. The first-order valence-corrected chi connectivity index (χ1v) is 11.2. The molecule has 0 aliphatic rings. The first-order valence-electron chi connectivity index (χ1n) is 11.2. The number of benzene rings is 2. The van der Waals surface area contributed by atoms with E-state index in [1.807, 2.05) is 48.5 Å². The lowest BCUT2D eigenvalue weighted by Crippen LogP contribution is -1.97. The molecule has 2 nitrogen and oxygen atoms in total. The van der Waals surface area contributed by atoms with Gasteiger partial charge in [-0.1, -0.05) is 70.2 Å². The molecule has 1 heterocycles. The summed E-state index contributed by atoms with van der Waals surface area (Å²) in [5.41, 5.74) is 4.31. The molecule has 30 heavy (non-hydrogen) atoms. The van der Waals surface area contributed by atoms with Crippen LogP contribution in [0, 0.1) is 5.82 Å².